The SMILES string of the molecule is COc1cc(C(=O)O)ccc1Oc1ncncc1Br. The molecule has 0 aliphatic heterocycles. The molecular weight excluding hydrogens is 316 g/mol. The van der Waals surface area contributed by atoms with E-state index in [1.165, 1.54) is 31.6 Å². The monoisotopic (exact) mass is 324 g/mol. The van der Waals surface area contributed by atoms with E-state index in [0.717, 1.165) is 0 Å². The number of aromatic nitrogens is 2. The van der Waals surface area contributed by atoms with Crippen LogP contribution in [0.5, 0.6) is 17.4 Å². The predicted octanol–water partition coefficient (Wildman–Crippen LogP) is 2.74. The van der Waals surface area contributed by atoms with Crippen LogP contribution in [0.1, 0.15) is 10.4 Å². The Bertz CT molecular complexity index is 618. The van der Waals surface area contributed by atoms with Gasteiger partial charge in [-0.25, -0.2) is 14.8 Å². The molecule has 0 aliphatic rings. The van der Waals surface area contributed by atoms with Gasteiger partial charge < -0.3 is 14.6 Å². The molecular formula is C12H9BrN2O4. The molecule has 0 saturated heterocycles. The van der Waals surface area contributed by atoms with Gasteiger partial charge in [-0.05, 0) is 34.1 Å². The van der Waals surface area contributed by atoms with Gasteiger partial charge in [-0.2, -0.15) is 0 Å². The number of hydrogen-bond donors (Lipinski definition) is 1. The van der Waals surface area contributed by atoms with Crippen LogP contribution < -0.4 is 9.47 Å². The quantitative estimate of drug-likeness (QED) is 0.931. The number of benzene rings is 1. The zero-order valence-corrected chi connectivity index (χ0v) is 11.4. The van der Waals surface area contributed by atoms with Crippen LogP contribution in [0.15, 0.2) is 35.2 Å². The molecule has 0 atom stereocenters. The predicted molar refractivity (Wildman–Crippen MR) is 69.8 cm³/mol. The molecule has 1 heterocycles. The second-order valence-corrected chi connectivity index (χ2v) is 4.30. The molecule has 0 amide bonds. The summed E-state index contributed by atoms with van der Waals surface area (Å²) in [6, 6.07) is 4.32. The molecule has 1 N–H and O–H groups in total. The molecule has 2 aromatic rings. The summed E-state index contributed by atoms with van der Waals surface area (Å²) in [5.41, 5.74) is 0.117. The molecule has 0 aliphatic carbocycles. The Kier molecular flexibility index (Phi) is 3.96. The van der Waals surface area contributed by atoms with E-state index in [0.29, 0.717) is 21.9 Å². The number of rotatable bonds is 4. The van der Waals surface area contributed by atoms with Gasteiger partial charge in [0.25, 0.3) is 0 Å². The zero-order chi connectivity index (χ0) is 13.8. The number of carboxylic acid groups (broad SMARTS) is 1. The van der Waals surface area contributed by atoms with Crippen molar-refractivity contribution in [2.75, 3.05) is 7.11 Å². The van der Waals surface area contributed by atoms with Crippen LogP contribution in [-0.4, -0.2) is 28.2 Å². The topological polar surface area (TPSA) is 81.5 Å². The van der Waals surface area contributed by atoms with Crippen molar-refractivity contribution in [1.29, 1.82) is 0 Å². The Labute approximate surface area is 117 Å². The van der Waals surface area contributed by atoms with Gasteiger partial charge in [-0.15, -0.1) is 0 Å². The lowest BCUT2D eigenvalue weighted by Gasteiger charge is -2.10. The second kappa shape index (κ2) is 5.66. The number of halogens is 1. The van der Waals surface area contributed by atoms with E-state index in [2.05, 4.69) is 25.9 Å². The Balaban J connectivity index is 2.35. The zero-order valence-electron chi connectivity index (χ0n) is 9.83. The highest BCUT2D eigenvalue weighted by molar-refractivity contribution is 9.10. The van der Waals surface area contributed by atoms with E-state index in [9.17, 15) is 4.79 Å². The van der Waals surface area contributed by atoms with Crippen molar-refractivity contribution in [2.45, 2.75) is 0 Å². The molecule has 98 valence electrons. The lowest BCUT2D eigenvalue weighted by molar-refractivity contribution is 0.0696. The van der Waals surface area contributed by atoms with Crippen LogP contribution >= 0.6 is 15.9 Å². The summed E-state index contributed by atoms with van der Waals surface area (Å²) in [5, 5.41) is 8.91. The first kappa shape index (κ1) is 13.3. The minimum Gasteiger partial charge on any atom is -0.493 e. The minimum absolute atomic E-state index is 0.117. The lowest BCUT2D eigenvalue weighted by Crippen LogP contribution is -1.99. The van der Waals surface area contributed by atoms with Gasteiger partial charge in [-0.3, -0.25) is 0 Å². The Hall–Kier alpha value is -2.15. The lowest BCUT2D eigenvalue weighted by atomic mass is 10.2. The van der Waals surface area contributed by atoms with E-state index in [-0.39, 0.29) is 5.56 Å². The molecule has 6 nitrogen and oxygen atoms in total. The van der Waals surface area contributed by atoms with Crippen molar-refractivity contribution >= 4 is 21.9 Å². The van der Waals surface area contributed by atoms with Crippen LogP contribution in [-0.2, 0) is 0 Å². The van der Waals surface area contributed by atoms with Crippen molar-refractivity contribution in [3.63, 3.8) is 0 Å². The summed E-state index contributed by atoms with van der Waals surface area (Å²) in [5.74, 6) is -0.0400. The molecule has 0 fully saturated rings. The largest absolute Gasteiger partial charge is 0.493 e. The third-order valence-electron chi connectivity index (χ3n) is 2.25. The van der Waals surface area contributed by atoms with E-state index in [4.69, 9.17) is 14.6 Å². The maximum atomic E-state index is 10.9. The second-order valence-electron chi connectivity index (χ2n) is 3.45. The fraction of sp³-hybridized carbons (Fsp3) is 0.0833. The number of ether oxygens (including phenoxy) is 2. The average Bonchev–Trinajstić information content (AvgIpc) is 2.41. The fourth-order valence-corrected chi connectivity index (χ4v) is 1.67. The molecule has 7 heteroatoms. The number of carboxylic acids is 1. The van der Waals surface area contributed by atoms with Gasteiger partial charge in [0.2, 0.25) is 5.88 Å². The number of carbonyl (C=O) groups is 1. The van der Waals surface area contributed by atoms with Gasteiger partial charge in [0.15, 0.2) is 11.5 Å². The van der Waals surface area contributed by atoms with Gasteiger partial charge in [0, 0.05) is 6.20 Å². The number of aromatic carboxylic acids is 1. The molecule has 0 unspecified atom stereocenters. The van der Waals surface area contributed by atoms with Crippen LogP contribution in [0, 0.1) is 0 Å². The highest BCUT2D eigenvalue weighted by Gasteiger charge is 2.12. The summed E-state index contributed by atoms with van der Waals surface area (Å²) >= 11 is 3.25. The van der Waals surface area contributed by atoms with E-state index < -0.39 is 5.97 Å². The highest BCUT2D eigenvalue weighted by Crippen LogP contribution is 2.33. The smallest absolute Gasteiger partial charge is 0.335 e. The third kappa shape index (κ3) is 3.00. The summed E-state index contributed by atoms with van der Waals surface area (Å²) in [7, 11) is 1.43. The summed E-state index contributed by atoms with van der Waals surface area (Å²) in [4.78, 5) is 18.6. The first-order chi connectivity index (χ1) is 9.11. The first-order valence-electron chi connectivity index (χ1n) is 5.16. The van der Waals surface area contributed by atoms with Crippen LogP contribution in [0.4, 0.5) is 0 Å². The fourth-order valence-electron chi connectivity index (χ4n) is 1.37. The summed E-state index contributed by atoms with van der Waals surface area (Å²) in [6.07, 6.45) is 2.89. The standard InChI is InChI=1S/C12H9BrN2O4/c1-18-10-4-7(12(16)17)2-3-9(10)19-11-8(13)5-14-6-15-11/h2-6H,1H3,(H,16,17). The summed E-state index contributed by atoms with van der Waals surface area (Å²) < 4.78 is 11.2. The molecule has 0 spiro atoms. The molecule has 0 bridgehead atoms. The van der Waals surface area contributed by atoms with Crippen LogP contribution in [0.2, 0.25) is 0 Å². The first-order valence-corrected chi connectivity index (χ1v) is 5.96. The van der Waals surface area contributed by atoms with Crippen molar-refractivity contribution in [3.05, 3.63) is 40.8 Å². The Morgan fingerprint density at radius 3 is 2.79 bits per heavy atom. The number of nitrogens with zero attached hydrogens (tertiary/aromatic N) is 2. The van der Waals surface area contributed by atoms with E-state index in [1.54, 1.807) is 6.20 Å². The van der Waals surface area contributed by atoms with Gasteiger partial charge in [0.05, 0.1) is 17.1 Å². The molecule has 2 rings (SSSR count). The normalized spacial score (nSPS) is 10.0. The van der Waals surface area contributed by atoms with Crippen molar-refractivity contribution in [1.82, 2.24) is 9.97 Å². The minimum atomic E-state index is -1.03. The highest BCUT2D eigenvalue weighted by atomic mass is 79.9. The van der Waals surface area contributed by atoms with Gasteiger partial charge >= 0.3 is 5.97 Å². The number of hydrogen-bond acceptors (Lipinski definition) is 5. The summed E-state index contributed by atoms with van der Waals surface area (Å²) in [6.45, 7) is 0. The number of methoxy groups -OCH3 is 1. The molecule has 19 heavy (non-hydrogen) atoms. The van der Waals surface area contributed by atoms with Crippen molar-refractivity contribution < 1.29 is 19.4 Å². The van der Waals surface area contributed by atoms with Gasteiger partial charge in [0.1, 0.15) is 6.33 Å². The van der Waals surface area contributed by atoms with Gasteiger partial charge in [-0.1, -0.05) is 0 Å². The maximum absolute atomic E-state index is 10.9. The Morgan fingerprint density at radius 2 is 2.16 bits per heavy atom. The van der Waals surface area contributed by atoms with Crippen LogP contribution in [0.3, 0.4) is 0 Å². The average molecular weight is 325 g/mol. The van der Waals surface area contributed by atoms with Crippen molar-refractivity contribution in [3.8, 4) is 17.4 Å². The maximum Gasteiger partial charge on any atom is 0.335 e. The molecule has 0 saturated carbocycles. The van der Waals surface area contributed by atoms with Crippen LogP contribution in [0.25, 0.3) is 0 Å². The van der Waals surface area contributed by atoms with E-state index in [1.807, 2.05) is 0 Å². The third-order valence-corrected chi connectivity index (χ3v) is 2.79. The molecule has 1 aromatic carbocycles. The molecule has 1 aromatic heterocycles. The van der Waals surface area contributed by atoms with Crippen molar-refractivity contribution in [2.24, 2.45) is 0 Å². The Morgan fingerprint density at radius 1 is 1.37 bits per heavy atom. The van der Waals surface area contributed by atoms with E-state index >= 15 is 0 Å². The molecule has 0 radical (unpaired) electrons.